The Kier molecular flexibility index (Phi) is 7.35. The highest BCUT2D eigenvalue weighted by Gasteiger charge is 2.53. The van der Waals surface area contributed by atoms with Gasteiger partial charge in [-0.25, -0.2) is 0 Å². The lowest BCUT2D eigenvalue weighted by molar-refractivity contribution is 0.436. The SMILES string of the molecule is CC1=C(c2ccc3c(c2)C2(c4ccccc4O3)c3ccccc3-c3ccccc32)NC(C2=CCCC=C2)N=C1c1ccc2c(c1)C1(c3ccccc3-c3ccccc31)c1ccccc1-2. The molecule has 64 heavy (non-hydrogen) atoms. The Morgan fingerprint density at radius 2 is 0.938 bits per heavy atom. The normalized spacial score (nSPS) is 18.0. The van der Waals surface area contributed by atoms with Gasteiger partial charge in [0.25, 0.3) is 0 Å². The Hall–Kier alpha value is -7.75. The second kappa shape index (κ2) is 13.1. The zero-order valence-corrected chi connectivity index (χ0v) is 35.4. The molecule has 0 aromatic heterocycles. The van der Waals surface area contributed by atoms with Crippen molar-refractivity contribution >= 4 is 11.4 Å². The largest absolute Gasteiger partial charge is 0.457 e. The maximum Gasteiger partial charge on any atom is 0.145 e. The molecule has 2 spiro atoms. The summed E-state index contributed by atoms with van der Waals surface area (Å²) in [6.07, 6.45) is 8.70. The van der Waals surface area contributed by atoms with Crippen LogP contribution in [0.15, 0.2) is 216 Å². The van der Waals surface area contributed by atoms with Gasteiger partial charge in [0, 0.05) is 22.4 Å². The van der Waals surface area contributed by atoms with Gasteiger partial charge in [-0.2, -0.15) is 0 Å². The van der Waals surface area contributed by atoms with Gasteiger partial charge in [-0.3, -0.25) is 4.99 Å². The van der Waals surface area contributed by atoms with Crippen LogP contribution in [0.25, 0.3) is 39.1 Å². The Balaban J connectivity index is 0.989. The number of rotatable bonds is 3. The predicted molar refractivity (Wildman–Crippen MR) is 259 cm³/mol. The summed E-state index contributed by atoms with van der Waals surface area (Å²) >= 11 is 0. The third kappa shape index (κ3) is 4.53. The zero-order chi connectivity index (χ0) is 42.1. The molecule has 14 rings (SSSR count). The van der Waals surface area contributed by atoms with E-state index in [0.717, 1.165) is 58.0 Å². The van der Waals surface area contributed by atoms with E-state index in [-0.39, 0.29) is 6.17 Å². The lowest BCUT2D eigenvalue weighted by Crippen LogP contribution is -2.35. The molecule has 0 saturated heterocycles. The van der Waals surface area contributed by atoms with Gasteiger partial charge in [0.15, 0.2) is 0 Å². The van der Waals surface area contributed by atoms with Crippen molar-refractivity contribution in [3.8, 4) is 44.9 Å². The number of allylic oxidation sites excluding steroid dienone is 3. The van der Waals surface area contributed by atoms with Crippen LogP contribution in [0.2, 0.25) is 0 Å². The molecule has 3 heteroatoms. The van der Waals surface area contributed by atoms with Crippen LogP contribution in [0, 0.1) is 0 Å². The van der Waals surface area contributed by atoms with Gasteiger partial charge in [0.1, 0.15) is 17.7 Å². The molecular weight excluding hydrogens is 777 g/mol. The standard InChI is InChI=1S/C61H42N2O/c1-37-57(39-31-33-46-45-23-9-12-26-49(45)60(53(46)35-39)47-24-10-5-19-41(47)42-20-6-11-25-48(42)60)62-59(38-17-3-2-4-18-38)63-58(37)40-32-34-56-54(36-40)61(52-29-15-16-30-55(52)64-56)50-27-13-7-21-43(50)44-22-8-14-28-51(44)61/h3,5-36,59,63H,2,4H2,1H3. The number of ether oxygens (including phenoxy) is 1. The highest BCUT2D eigenvalue weighted by molar-refractivity contribution is 6.17. The van der Waals surface area contributed by atoms with Gasteiger partial charge < -0.3 is 10.1 Å². The second-order valence-electron chi connectivity index (χ2n) is 18.0. The first-order valence-electron chi connectivity index (χ1n) is 22.6. The van der Waals surface area contributed by atoms with E-state index in [9.17, 15) is 0 Å². The summed E-state index contributed by atoms with van der Waals surface area (Å²) in [5.41, 5.74) is 23.6. The summed E-state index contributed by atoms with van der Waals surface area (Å²) in [6.45, 7) is 2.25. The Morgan fingerprint density at radius 3 is 1.50 bits per heavy atom. The van der Waals surface area contributed by atoms with Crippen molar-refractivity contribution in [3.05, 3.63) is 267 Å². The van der Waals surface area contributed by atoms with Crippen LogP contribution in [0.5, 0.6) is 11.5 Å². The Morgan fingerprint density at radius 1 is 0.469 bits per heavy atom. The van der Waals surface area contributed by atoms with Gasteiger partial charge in [-0.05, 0) is 134 Å². The molecule has 8 aromatic carbocycles. The van der Waals surface area contributed by atoms with E-state index in [1.807, 2.05) is 0 Å². The van der Waals surface area contributed by atoms with E-state index in [4.69, 9.17) is 9.73 Å². The highest BCUT2D eigenvalue weighted by Crippen LogP contribution is 2.64. The van der Waals surface area contributed by atoms with E-state index < -0.39 is 10.8 Å². The van der Waals surface area contributed by atoms with Crippen molar-refractivity contribution in [2.75, 3.05) is 0 Å². The molecule has 0 saturated carbocycles. The fourth-order valence-electron chi connectivity index (χ4n) is 12.5. The predicted octanol–water partition coefficient (Wildman–Crippen LogP) is 13.9. The first-order chi connectivity index (χ1) is 31.7. The molecule has 302 valence electrons. The number of aliphatic imine (C=N–C) groups is 1. The van der Waals surface area contributed by atoms with Crippen molar-refractivity contribution in [2.24, 2.45) is 4.99 Å². The van der Waals surface area contributed by atoms with Crippen LogP contribution in [-0.2, 0) is 10.8 Å². The molecular formula is C61H42N2O. The van der Waals surface area contributed by atoms with E-state index >= 15 is 0 Å². The monoisotopic (exact) mass is 818 g/mol. The molecule has 1 atom stereocenters. The van der Waals surface area contributed by atoms with Crippen LogP contribution in [0.3, 0.4) is 0 Å². The quantitative estimate of drug-likeness (QED) is 0.193. The summed E-state index contributed by atoms with van der Waals surface area (Å²) in [5.74, 6) is 1.78. The van der Waals surface area contributed by atoms with E-state index in [0.29, 0.717) is 0 Å². The zero-order valence-electron chi connectivity index (χ0n) is 35.4. The number of hydrogen-bond acceptors (Lipinski definition) is 3. The molecule has 0 bridgehead atoms. The topological polar surface area (TPSA) is 33.6 Å². The van der Waals surface area contributed by atoms with Gasteiger partial charge in [-0.15, -0.1) is 0 Å². The molecule has 0 radical (unpaired) electrons. The average molecular weight is 819 g/mol. The maximum atomic E-state index is 6.86. The molecule has 0 amide bonds. The van der Waals surface area contributed by atoms with E-state index in [1.54, 1.807) is 0 Å². The number of fused-ring (bicyclic) bond motifs is 19. The second-order valence-corrected chi connectivity index (χ2v) is 18.0. The number of nitrogens with zero attached hydrogens (tertiary/aromatic N) is 1. The minimum Gasteiger partial charge on any atom is -0.457 e. The smallest absolute Gasteiger partial charge is 0.145 e. The lowest BCUT2D eigenvalue weighted by atomic mass is 9.66. The molecule has 1 N–H and O–H groups in total. The fourth-order valence-corrected chi connectivity index (χ4v) is 12.5. The van der Waals surface area contributed by atoms with Crippen molar-refractivity contribution in [2.45, 2.75) is 36.8 Å². The van der Waals surface area contributed by atoms with Crippen molar-refractivity contribution in [3.63, 3.8) is 0 Å². The van der Waals surface area contributed by atoms with Crippen LogP contribution in [0.1, 0.15) is 75.4 Å². The van der Waals surface area contributed by atoms with E-state index in [2.05, 4.69) is 212 Å². The van der Waals surface area contributed by atoms with Crippen molar-refractivity contribution in [1.29, 1.82) is 0 Å². The molecule has 3 nitrogen and oxygen atoms in total. The van der Waals surface area contributed by atoms with Crippen LogP contribution < -0.4 is 10.1 Å². The van der Waals surface area contributed by atoms with Crippen LogP contribution in [0.4, 0.5) is 0 Å². The summed E-state index contributed by atoms with van der Waals surface area (Å²) in [5, 5.41) is 4.01. The summed E-state index contributed by atoms with van der Waals surface area (Å²) in [4.78, 5) is 5.66. The Labute approximate surface area is 373 Å². The molecule has 6 aliphatic rings. The molecule has 0 fully saturated rings. The van der Waals surface area contributed by atoms with Gasteiger partial charge >= 0.3 is 0 Å². The highest BCUT2D eigenvalue weighted by atomic mass is 16.5. The van der Waals surface area contributed by atoms with Crippen LogP contribution >= 0.6 is 0 Å². The van der Waals surface area contributed by atoms with Crippen LogP contribution in [-0.4, -0.2) is 11.9 Å². The van der Waals surface area contributed by atoms with Crippen molar-refractivity contribution < 1.29 is 4.74 Å². The minimum atomic E-state index is -0.557. The number of benzene rings is 8. The average Bonchev–Trinajstić information content (AvgIpc) is 3.95. The summed E-state index contributed by atoms with van der Waals surface area (Å²) in [7, 11) is 0. The van der Waals surface area contributed by atoms with Crippen molar-refractivity contribution in [1.82, 2.24) is 5.32 Å². The summed E-state index contributed by atoms with van der Waals surface area (Å²) < 4.78 is 6.86. The number of para-hydroxylation sites is 1. The van der Waals surface area contributed by atoms with Gasteiger partial charge in [0.05, 0.1) is 16.5 Å². The fraction of sp³-hybridized carbons (Fsp3) is 0.0984. The molecule has 8 aromatic rings. The van der Waals surface area contributed by atoms with E-state index in [1.165, 1.54) is 77.9 Å². The van der Waals surface area contributed by atoms with Gasteiger partial charge in [-0.1, -0.05) is 170 Å². The molecule has 1 unspecified atom stereocenters. The maximum absolute atomic E-state index is 6.86. The molecule has 2 heterocycles. The van der Waals surface area contributed by atoms with Gasteiger partial charge in [0.2, 0.25) is 0 Å². The Bertz CT molecular complexity index is 3380. The number of hydrogen-bond donors (Lipinski definition) is 1. The molecule has 4 aliphatic carbocycles. The minimum absolute atomic E-state index is 0.257. The summed E-state index contributed by atoms with van der Waals surface area (Å²) in [6, 6.07) is 67.6. The third-order valence-corrected chi connectivity index (χ3v) is 15.0. The molecule has 2 aliphatic heterocycles. The lowest BCUT2D eigenvalue weighted by Gasteiger charge is -2.40. The third-order valence-electron chi connectivity index (χ3n) is 15.0. The first-order valence-corrected chi connectivity index (χ1v) is 22.6. The number of nitrogens with one attached hydrogen (secondary N) is 1. The first kappa shape index (κ1) is 35.8.